The van der Waals surface area contributed by atoms with Gasteiger partial charge in [0.15, 0.2) is 0 Å². The van der Waals surface area contributed by atoms with Crippen LogP contribution in [0, 0.1) is 12.8 Å². The van der Waals surface area contributed by atoms with E-state index in [1.54, 1.807) is 0 Å². The third-order valence-electron chi connectivity index (χ3n) is 4.94. The van der Waals surface area contributed by atoms with Crippen molar-refractivity contribution in [2.24, 2.45) is 5.92 Å². The first-order chi connectivity index (χ1) is 10.7. The lowest BCUT2D eigenvalue weighted by atomic mass is 9.94. The molecule has 1 aromatic carbocycles. The molecule has 2 atom stereocenters. The van der Waals surface area contributed by atoms with E-state index in [-0.39, 0.29) is 18.1 Å². The Hall–Kier alpha value is -1.39. The molecule has 0 bridgehead atoms. The molecule has 2 aliphatic heterocycles. The largest absolute Gasteiger partial charge is 0.370 e. The van der Waals surface area contributed by atoms with Gasteiger partial charge in [0, 0.05) is 5.92 Å². The molecule has 3 rings (SSSR count). The van der Waals surface area contributed by atoms with Crippen LogP contribution in [0.15, 0.2) is 24.3 Å². The number of aryl methyl sites for hydroxylation is 1. The van der Waals surface area contributed by atoms with Gasteiger partial charge in [-0.1, -0.05) is 24.3 Å². The quantitative estimate of drug-likeness (QED) is 0.911. The number of morpholine rings is 1. The third kappa shape index (κ3) is 3.18. The molecule has 1 aromatic rings. The highest BCUT2D eigenvalue weighted by Crippen LogP contribution is 2.29. The van der Waals surface area contributed by atoms with E-state index in [0.717, 1.165) is 25.9 Å². The molecule has 2 fully saturated rings. The van der Waals surface area contributed by atoms with Crippen LogP contribution in [0.5, 0.6) is 0 Å². The van der Waals surface area contributed by atoms with Crippen LogP contribution in [-0.2, 0) is 9.53 Å². The number of nitrogens with one attached hydrogen (secondary N) is 1. The number of amides is 1. The number of hydrogen-bond acceptors (Lipinski definition) is 3. The molecule has 4 heteroatoms. The summed E-state index contributed by atoms with van der Waals surface area (Å²) in [5.41, 5.74) is 2.44. The van der Waals surface area contributed by atoms with Crippen molar-refractivity contribution < 1.29 is 9.53 Å². The van der Waals surface area contributed by atoms with Gasteiger partial charge in [-0.2, -0.15) is 0 Å². The molecule has 2 saturated heterocycles. The number of piperidine rings is 1. The van der Waals surface area contributed by atoms with Crippen LogP contribution < -0.4 is 5.32 Å². The van der Waals surface area contributed by atoms with Crippen LogP contribution in [0.4, 0.5) is 0 Å². The third-order valence-corrected chi connectivity index (χ3v) is 4.94. The highest BCUT2D eigenvalue weighted by atomic mass is 16.5. The SMILES string of the molecule is Cc1ccccc1[C@H]1CN(C(=O)C2CCNCC2)[C@@H](C)CO1. The predicted octanol–water partition coefficient (Wildman–Crippen LogP) is 2.28. The molecule has 2 heterocycles. The zero-order chi connectivity index (χ0) is 15.5. The number of nitrogens with zero attached hydrogens (tertiary/aromatic N) is 1. The summed E-state index contributed by atoms with van der Waals surface area (Å²) in [5.74, 6) is 0.496. The van der Waals surface area contributed by atoms with E-state index in [0.29, 0.717) is 19.1 Å². The molecule has 22 heavy (non-hydrogen) atoms. The lowest BCUT2D eigenvalue weighted by Gasteiger charge is -2.40. The maximum atomic E-state index is 12.9. The van der Waals surface area contributed by atoms with Crippen molar-refractivity contribution in [1.82, 2.24) is 10.2 Å². The Kier molecular flexibility index (Phi) is 4.79. The number of ether oxygens (including phenoxy) is 1. The average molecular weight is 302 g/mol. The van der Waals surface area contributed by atoms with Gasteiger partial charge in [-0.3, -0.25) is 4.79 Å². The fourth-order valence-corrected chi connectivity index (χ4v) is 3.50. The van der Waals surface area contributed by atoms with Crippen molar-refractivity contribution in [3.8, 4) is 0 Å². The second-order valence-electron chi connectivity index (χ2n) is 6.54. The fourth-order valence-electron chi connectivity index (χ4n) is 3.50. The maximum absolute atomic E-state index is 12.9. The standard InChI is InChI=1S/C18H26N2O2/c1-13-5-3-4-6-16(13)17-11-20(14(2)12-22-17)18(21)15-7-9-19-10-8-15/h3-6,14-15,17,19H,7-12H2,1-2H3/t14-,17+/m0/s1. The number of carbonyl (C=O) groups is 1. The molecule has 2 aliphatic rings. The molecule has 4 nitrogen and oxygen atoms in total. The minimum absolute atomic E-state index is 0.00284. The Morgan fingerprint density at radius 1 is 1.27 bits per heavy atom. The summed E-state index contributed by atoms with van der Waals surface area (Å²) in [6, 6.07) is 8.48. The van der Waals surface area contributed by atoms with Gasteiger partial charge in [-0.25, -0.2) is 0 Å². The number of carbonyl (C=O) groups excluding carboxylic acids is 1. The van der Waals surface area contributed by atoms with Gasteiger partial charge in [0.25, 0.3) is 0 Å². The molecule has 120 valence electrons. The van der Waals surface area contributed by atoms with Crippen molar-refractivity contribution in [3.05, 3.63) is 35.4 Å². The molecule has 0 aromatic heterocycles. The van der Waals surface area contributed by atoms with Gasteiger partial charge in [-0.05, 0) is 50.9 Å². The second kappa shape index (κ2) is 6.80. The Labute approximate surface area is 132 Å². The first-order valence-electron chi connectivity index (χ1n) is 8.35. The van der Waals surface area contributed by atoms with E-state index in [9.17, 15) is 4.79 Å². The highest BCUT2D eigenvalue weighted by Gasteiger charge is 2.34. The Morgan fingerprint density at radius 2 is 2.00 bits per heavy atom. The molecular formula is C18H26N2O2. The molecule has 0 radical (unpaired) electrons. The van der Waals surface area contributed by atoms with Crippen molar-refractivity contribution in [2.45, 2.75) is 38.8 Å². The summed E-state index contributed by atoms with van der Waals surface area (Å²) < 4.78 is 6.02. The average Bonchev–Trinajstić information content (AvgIpc) is 2.56. The second-order valence-corrected chi connectivity index (χ2v) is 6.54. The van der Waals surface area contributed by atoms with Crippen LogP contribution in [0.25, 0.3) is 0 Å². The van der Waals surface area contributed by atoms with Crippen LogP contribution in [0.1, 0.15) is 37.0 Å². The van der Waals surface area contributed by atoms with Crippen LogP contribution in [0.3, 0.4) is 0 Å². The summed E-state index contributed by atoms with van der Waals surface area (Å²) in [4.78, 5) is 14.9. The summed E-state index contributed by atoms with van der Waals surface area (Å²) in [5, 5.41) is 3.33. The minimum atomic E-state index is 0.00284. The molecule has 0 unspecified atom stereocenters. The minimum Gasteiger partial charge on any atom is -0.370 e. The van der Waals surface area contributed by atoms with Crippen LogP contribution in [-0.4, -0.2) is 43.1 Å². The summed E-state index contributed by atoms with van der Waals surface area (Å²) >= 11 is 0. The maximum Gasteiger partial charge on any atom is 0.226 e. The molecular weight excluding hydrogens is 276 g/mol. The summed E-state index contributed by atoms with van der Waals surface area (Å²) in [6.07, 6.45) is 1.92. The number of benzene rings is 1. The van der Waals surface area contributed by atoms with Gasteiger partial charge in [0.1, 0.15) is 6.10 Å². The first kappa shape index (κ1) is 15.5. The van der Waals surface area contributed by atoms with E-state index in [4.69, 9.17) is 4.74 Å². The van der Waals surface area contributed by atoms with Gasteiger partial charge in [0.2, 0.25) is 5.91 Å². The summed E-state index contributed by atoms with van der Waals surface area (Å²) in [6.45, 7) is 7.40. The Balaban J connectivity index is 1.73. The van der Waals surface area contributed by atoms with E-state index in [2.05, 4.69) is 36.2 Å². The molecule has 0 spiro atoms. The fraction of sp³-hybridized carbons (Fsp3) is 0.611. The van der Waals surface area contributed by atoms with Crippen molar-refractivity contribution in [1.29, 1.82) is 0 Å². The van der Waals surface area contributed by atoms with Crippen molar-refractivity contribution in [2.75, 3.05) is 26.2 Å². The van der Waals surface area contributed by atoms with Crippen molar-refractivity contribution in [3.63, 3.8) is 0 Å². The topological polar surface area (TPSA) is 41.6 Å². The zero-order valence-electron chi connectivity index (χ0n) is 13.5. The molecule has 1 amide bonds. The summed E-state index contributed by atoms with van der Waals surface area (Å²) in [7, 11) is 0. The van der Waals surface area contributed by atoms with Gasteiger partial charge >= 0.3 is 0 Å². The van der Waals surface area contributed by atoms with Crippen LogP contribution >= 0.6 is 0 Å². The van der Waals surface area contributed by atoms with Gasteiger partial charge < -0.3 is 15.0 Å². The smallest absolute Gasteiger partial charge is 0.226 e. The van der Waals surface area contributed by atoms with E-state index in [1.807, 2.05) is 12.1 Å². The monoisotopic (exact) mass is 302 g/mol. The molecule has 1 N–H and O–H groups in total. The van der Waals surface area contributed by atoms with E-state index in [1.165, 1.54) is 11.1 Å². The highest BCUT2D eigenvalue weighted by molar-refractivity contribution is 5.79. The van der Waals surface area contributed by atoms with Gasteiger partial charge in [-0.15, -0.1) is 0 Å². The first-order valence-corrected chi connectivity index (χ1v) is 8.35. The normalized spacial score (nSPS) is 26.9. The number of hydrogen-bond donors (Lipinski definition) is 1. The van der Waals surface area contributed by atoms with Crippen molar-refractivity contribution >= 4 is 5.91 Å². The van der Waals surface area contributed by atoms with E-state index < -0.39 is 0 Å². The molecule has 0 aliphatic carbocycles. The van der Waals surface area contributed by atoms with Crippen LogP contribution in [0.2, 0.25) is 0 Å². The lowest BCUT2D eigenvalue weighted by molar-refractivity contribution is -0.149. The Bertz CT molecular complexity index is 526. The lowest BCUT2D eigenvalue weighted by Crippen LogP contribution is -2.51. The van der Waals surface area contributed by atoms with E-state index >= 15 is 0 Å². The number of rotatable bonds is 2. The molecule has 0 saturated carbocycles. The predicted molar refractivity (Wildman–Crippen MR) is 86.6 cm³/mol. The van der Waals surface area contributed by atoms with Gasteiger partial charge in [0.05, 0.1) is 19.2 Å². The zero-order valence-corrected chi connectivity index (χ0v) is 13.5. The Morgan fingerprint density at radius 3 is 2.73 bits per heavy atom.